The number of nitrogens with one attached hydrogen (secondary N) is 2. The number of ether oxygens (including phenoxy) is 2. The molecule has 1 aliphatic carbocycles. The molecule has 124 valence electrons. The lowest BCUT2D eigenvalue weighted by atomic mass is 9.92. The van der Waals surface area contributed by atoms with Gasteiger partial charge in [0.15, 0.2) is 11.5 Å². The molecule has 5 heteroatoms. The average Bonchev–Trinajstić information content (AvgIpc) is 3.32. The summed E-state index contributed by atoms with van der Waals surface area (Å²) < 4.78 is 11.3. The second-order valence-corrected chi connectivity index (χ2v) is 6.92. The van der Waals surface area contributed by atoms with Gasteiger partial charge in [0.2, 0.25) is 5.91 Å². The minimum atomic E-state index is 0.207. The van der Waals surface area contributed by atoms with Gasteiger partial charge < -0.3 is 20.1 Å². The first-order chi connectivity index (χ1) is 11.3. The van der Waals surface area contributed by atoms with E-state index in [0.717, 1.165) is 55.8 Å². The Morgan fingerprint density at radius 1 is 1.22 bits per heavy atom. The van der Waals surface area contributed by atoms with Crippen LogP contribution in [0.1, 0.15) is 31.2 Å². The summed E-state index contributed by atoms with van der Waals surface area (Å²) in [5.74, 6) is 2.01. The van der Waals surface area contributed by atoms with E-state index in [1.807, 2.05) is 18.2 Å². The summed E-state index contributed by atoms with van der Waals surface area (Å²) in [6.07, 6.45) is 4.23. The molecule has 0 aromatic heterocycles. The Morgan fingerprint density at radius 3 is 2.83 bits per heavy atom. The van der Waals surface area contributed by atoms with Crippen molar-refractivity contribution in [2.45, 2.75) is 32.2 Å². The van der Waals surface area contributed by atoms with Crippen molar-refractivity contribution in [2.75, 3.05) is 26.3 Å². The molecule has 3 aliphatic rings. The van der Waals surface area contributed by atoms with Crippen LogP contribution in [0.2, 0.25) is 0 Å². The fraction of sp³-hybridized carbons (Fsp3) is 0.611. The van der Waals surface area contributed by atoms with Gasteiger partial charge in [-0.05, 0) is 55.5 Å². The summed E-state index contributed by atoms with van der Waals surface area (Å²) >= 11 is 0. The van der Waals surface area contributed by atoms with Gasteiger partial charge in [-0.1, -0.05) is 6.07 Å². The predicted octanol–water partition coefficient (Wildman–Crippen LogP) is 1.85. The Labute approximate surface area is 136 Å². The van der Waals surface area contributed by atoms with Crippen LogP contribution in [0.4, 0.5) is 0 Å². The maximum absolute atomic E-state index is 12.4. The summed E-state index contributed by atoms with van der Waals surface area (Å²) in [5.41, 5.74) is 1.35. The van der Waals surface area contributed by atoms with Gasteiger partial charge in [-0.15, -0.1) is 0 Å². The summed E-state index contributed by atoms with van der Waals surface area (Å²) in [5, 5.41) is 6.47. The average molecular weight is 316 g/mol. The number of amides is 1. The third-order valence-corrected chi connectivity index (χ3v) is 5.38. The molecule has 1 aromatic rings. The van der Waals surface area contributed by atoms with Gasteiger partial charge in [0.05, 0.1) is 13.2 Å². The van der Waals surface area contributed by atoms with Crippen LogP contribution >= 0.6 is 0 Å². The number of rotatable bonds is 3. The van der Waals surface area contributed by atoms with E-state index >= 15 is 0 Å². The molecular weight excluding hydrogens is 292 g/mol. The fourth-order valence-electron chi connectivity index (χ4n) is 3.83. The zero-order chi connectivity index (χ0) is 15.7. The van der Waals surface area contributed by atoms with E-state index in [1.165, 1.54) is 0 Å². The van der Waals surface area contributed by atoms with E-state index in [9.17, 15) is 4.79 Å². The van der Waals surface area contributed by atoms with E-state index in [0.29, 0.717) is 25.2 Å². The lowest BCUT2D eigenvalue weighted by molar-refractivity contribution is -0.123. The van der Waals surface area contributed by atoms with Crippen LogP contribution in [0, 0.1) is 11.3 Å². The lowest BCUT2D eigenvalue weighted by Gasteiger charge is -2.23. The molecule has 0 bridgehead atoms. The molecule has 23 heavy (non-hydrogen) atoms. The van der Waals surface area contributed by atoms with Crippen LogP contribution in [0.15, 0.2) is 18.2 Å². The van der Waals surface area contributed by atoms with Crippen molar-refractivity contribution >= 4 is 5.91 Å². The number of hydrogen-bond donors (Lipinski definition) is 2. The third kappa shape index (κ3) is 3.02. The maximum Gasteiger partial charge on any atom is 0.223 e. The van der Waals surface area contributed by atoms with Crippen molar-refractivity contribution in [1.82, 2.24) is 10.6 Å². The highest BCUT2D eigenvalue weighted by Gasteiger charge is 2.57. The van der Waals surface area contributed by atoms with Gasteiger partial charge in [0.25, 0.3) is 0 Å². The highest BCUT2D eigenvalue weighted by atomic mass is 16.5. The van der Waals surface area contributed by atoms with Crippen molar-refractivity contribution in [3.05, 3.63) is 23.8 Å². The van der Waals surface area contributed by atoms with E-state index < -0.39 is 0 Å². The number of hydrogen-bond acceptors (Lipinski definition) is 4. The van der Waals surface area contributed by atoms with E-state index in [2.05, 4.69) is 10.6 Å². The largest absolute Gasteiger partial charge is 0.490 e. The molecule has 0 radical (unpaired) electrons. The van der Waals surface area contributed by atoms with Crippen LogP contribution in [0.3, 0.4) is 0 Å². The molecule has 1 saturated heterocycles. The molecule has 1 aromatic carbocycles. The molecular formula is C18H24N2O3. The van der Waals surface area contributed by atoms with Crippen molar-refractivity contribution in [1.29, 1.82) is 0 Å². The van der Waals surface area contributed by atoms with Gasteiger partial charge in [0.1, 0.15) is 0 Å². The number of carbonyl (C=O) groups is 1. The molecule has 1 saturated carbocycles. The normalized spacial score (nSPS) is 24.8. The molecule has 4 rings (SSSR count). The van der Waals surface area contributed by atoms with E-state index in [1.54, 1.807) is 0 Å². The number of carbonyl (C=O) groups excluding carboxylic acids is 1. The van der Waals surface area contributed by atoms with Gasteiger partial charge >= 0.3 is 0 Å². The molecule has 2 heterocycles. The van der Waals surface area contributed by atoms with Gasteiger partial charge in [0, 0.05) is 18.9 Å². The minimum absolute atomic E-state index is 0.207. The lowest BCUT2D eigenvalue weighted by Crippen LogP contribution is -2.33. The number of fused-ring (bicyclic) bond motifs is 1. The highest BCUT2D eigenvalue weighted by molar-refractivity contribution is 5.82. The Kier molecular flexibility index (Phi) is 3.89. The van der Waals surface area contributed by atoms with Crippen molar-refractivity contribution in [3.8, 4) is 11.5 Å². The minimum Gasteiger partial charge on any atom is -0.490 e. The number of piperidine rings is 1. The summed E-state index contributed by atoms with van der Waals surface area (Å²) in [6.45, 7) is 4.03. The first kappa shape index (κ1) is 14.8. The molecule has 5 nitrogen and oxygen atoms in total. The Balaban J connectivity index is 1.34. The van der Waals surface area contributed by atoms with E-state index in [4.69, 9.17) is 9.47 Å². The standard InChI is InChI=1S/C18H24N2O3/c21-17(14-11-18(14)4-6-19-7-5-18)20-12-13-2-3-15-16(10-13)23-9-1-8-22-15/h2-3,10,14,19H,1,4-9,11-12H2,(H,20,21). The molecule has 1 unspecified atom stereocenters. The first-order valence-corrected chi connectivity index (χ1v) is 8.64. The maximum atomic E-state index is 12.4. The second-order valence-electron chi connectivity index (χ2n) is 6.92. The molecule has 2 fully saturated rings. The molecule has 1 amide bonds. The first-order valence-electron chi connectivity index (χ1n) is 8.64. The molecule has 1 spiro atoms. The van der Waals surface area contributed by atoms with Crippen LogP contribution in [0.25, 0.3) is 0 Å². The quantitative estimate of drug-likeness (QED) is 0.893. The van der Waals surface area contributed by atoms with Crippen LogP contribution < -0.4 is 20.1 Å². The summed E-state index contributed by atoms with van der Waals surface area (Å²) in [6, 6.07) is 5.92. The predicted molar refractivity (Wildman–Crippen MR) is 86.5 cm³/mol. The highest BCUT2D eigenvalue weighted by Crippen LogP contribution is 2.58. The third-order valence-electron chi connectivity index (χ3n) is 5.38. The smallest absolute Gasteiger partial charge is 0.223 e. The molecule has 1 atom stereocenters. The molecule has 2 aliphatic heterocycles. The van der Waals surface area contributed by atoms with Crippen LogP contribution in [-0.4, -0.2) is 32.2 Å². The van der Waals surface area contributed by atoms with Crippen molar-refractivity contribution in [2.24, 2.45) is 11.3 Å². The zero-order valence-corrected chi connectivity index (χ0v) is 13.4. The van der Waals surface area contributed by atoms with Crippen molar-refractivity contribution in [3.63, 3.8) is 0 Å². The Morgan fingerprint density at radius 2 is 2.00 bits per heavy atom. The second kappa shape index (κ2) is 6.04. The number of benzene rings is 1. The van der Waals surface area contributed by atoms with E-state index in [-0.39, 0.29) is 11.8 Å². The monoisotopic (exact) mass is 316 g/mol. The van der Waals surface area contributed by atoms with Gasteiger partial charge in [-0.2, -0.15) is 0 Å². The van der Waals surface area contributed by atoms with Crippen molar-refractivity contribution < 1.29 is 14.3 Å². The fourth-order valence-corrected chi connectivity index (χ4v) is 3.83. The summed E-state index contributed by atoms with van der Waals surface area (Å²) in [7, 11) is 0. The Bertz CT molecular complexity index is 596. The van der Waals surface area contributed by atoms with Gasteiger partial charge in [-0.3, -0.25) is 4.79 Å². The SMILES string of the molecule is O=C(NCc1ccc2c(c1)OCCCO2)C1CC12CCNCC2. The zero-order valence-electron chi connectivity index (χ0n) is 13.4. The topological polar surface area (TPSA) is 59.6 Å². The molecule has 2 N–H and O–H groups in total. The summed E-state index contributed by atoms with van der Waals surface area (Å²) in [4.78, 5) is 12.4. The van der Waals surface area contributed by atoms with Crippen LogP contribution in [0.5, 0.6) is 11.5 Å². The Hall–Kier alpha value is -1.75. The van der Waals surface area contributed by atoms with Gasteiger partial charge in [-0.25, -0.2) is 0 Å². The van der Waals surface area contributed by atoms with Crippen LogP contribution in [-0.2, 0) is 11.3 Å².